The van der Waals surface area contributed by atoms with Crippen LogP contribution in [0.25, 0.3) is 10.9 Å². The Bertz CT molecular complexity index is 505. The molecule has 5 heteroatoms. The minimum absolute atomic E-state index is 0.250. The molecule has 1 aromatic carbocycles. The Morgan fingerprint density at radius 1 is 1.29 bits per heavy atom. The number of carboxylic acid groups (broad SMARTS) is 1. The molecule has 0 atom stereocenters. The molecule has 5 nitrogen and oxygen atoms in total. The summed E-state index contributed by atoms with van der Waals surface area (Å²) in [5.74, 6) is 0. The highest BCUT2D eigenvalue weighted by Crippen LogP contribution is 2.20. The first-order valence-electron chi connectivity index (χ1n) is 5.10. The first-order valence-corrected chi connectivity index (χ1v) is 5.10. The second-order valence-electron chi connectivity index (χ2n) is 3.33. The van der Waals surface area contributed by atoms with Gasteiger partial charge in [-0.15, -0.1) is 0 Å². The Hall–Kier alpha value is -2.14. The number of nitrogens with two attached hydrogens (primary N) is 1. The van der Waals surface area contributed by atoms with E-state index in [4.69, 9.17) is 15.6 Å². The quantitative estimate of drug-likeness (QED) is 0.772. The Balaban J connectivity index is 0.000000437. The number of aromatic nitrogens is 1. The summed E-state index contributed by atoms with van der Waals surface area (Å²) >= 11 is 0. The van der Waals surface area contributed by atoms with Gasteiger partial charge in [-0.25, -0.2) is 0 Å². The number of hydrogen-bond donors (Lipinski definition) is 2. The number of carbonyl (C=O) groups excluding carboxylic acids is 1. The number of nitrogens with zero attached hydrogens (tertiary/aromatic N) is 1. The van der Waals surface area contributed by atoms with E-state index in [2.05, 4.69) is 0 Å². The zero-order chi connectivity index (χ0) is 12.7. The van der Waals surface area contributed by atoms with E-state index in [1.807, 2.05) is 30.5 Å². The summed E-state index contributed by atoms with van der Waals surface area (Å²) in [6.45, 7) is 0.354. The highest BCUT2D eigenvalue weighted by atomic mass is 16.3. The number of hydrogen-bond acceptors (Lipinski definition) is 3. The van der Waals surface area contributed by atoms with E-state index in [1.54, 1.807) is 4.57 Å². The molecule has 0 saturated heterocycles. The van der Waals surface area contributed by atoms with Gasteiger partial charge in [0.2, 0.25) is 6.41 Å². The SMILES string of the molecule is NCCc1cn(C=O)c2ccccc12.O=CO. The number of para-hydroxylation sites is 1. The molecule has 0 saturated carbocycles. The molecule has 1 heterocycles. The zero-order valence-corrected chi connectivity index (χ0v) is 9.24. The van der Waals surface area contributed by atoms with Crippen LogP contribution in [0.5, 0.6) is 0 Å². The van der Waals surface area contributed by atoms with Crippen LogP contribution >= 0.6 is 0 Å². The van der Waals surface area contributed by atoms with E-state index in [1.165, 1.54) is 0 Å². The van der Waals surface area contributed by atoms with E-state index in [0.717, 1.165) is 29.3 Å². The molecule has 1 aromatic heterocycles. The Labute approximate surface area is 98.5 Å². The maximum Gasteiger partial charge on any atom is 0.290 e. The summed E-state index contributed by atoms with van der Waals surface area (Å²) < 4.78 is 1.60. The standard InChI is InChI=1S/C11H12N2O.CH2O2/c12-6-5-9-7-13(8-14)11-4-2-1-3-10(9)11;2-1-3/h1-4,7-8H,5-6,12H2;1H,(H,2,3). The summed E-state index contributed by atoms with van der Waals surface area (Å²) in [5, 5.41) is 8.00. The van der Waals surface area contributed by atoms with Crippen molar-refractivity contribution in [2.75, 3.05) is 6.54 Å². The minimum atomic E-state index is -0.250. The van der Waals surface area contributed by atoms with Crippen molar-refractivity contribution in [3.63, 3.8) is 0 Å². The summed E-state index contributed by atoms with van der Waals surface area (Å²) in [6, 6.07) is 7.84. The van der Waals surface area contributed by atoms with E-state index in [0.29, 0.717) is 6.54 Å². The van der Waals surface area contributed by atoms with Gasteiger partial charge in [0.1, 0.15) is 0 Å². The predicted octanol–water partition coefficient (Wildman–Crippen LogP) is 0.882. The first-order chi connectivity index (χ1) is 8.28. The van der Waals surface area contributed by atoms with Gasteiger partial charge in [0.25, 0.3) is 6.47 Å². The smallest absolute Gasteiger partial charge is 0.290 e. The Kier molecular flexibility index (Phi) is 4.90. The topological polar surface area (TPSA) is 85.3 Å². The normalized spacial score (nSPS) is 9.47. The lowest BCUT2D eigenvalue weighted by Gasteiger charge is -1.94. The maximum absolute atomic E-state index is 10.8. The molecule has 0 radical (unpaired) electrons. The third kappa shape index (κ3) is 2.92. The van der Waals surface area contributed by atoms with Crippen LogP contribution in [0.4, 0.5) is 0 Å². The highest BCUT2D eigenvalue weighted by Gasteiger charge is 2.05. The second-order valence-corrected chi connectivity index (χ2v) is 3.33. The molecule has 0 bridgehead atoms. The van der Waals surface area contributed by atoms with Crippen molar-refractivity contribution in [1.29, 1.82) is 0 Å². The van der Waals surface area contributed by atoms with E-state index in [-0.39, 0.29) is 6.47 Å². The Morgan fingerprint density at radius 3 is 2.53 bits per heavy atom. The first kappa shape index (κ1) is 12.9. The van der Waals surface area contributed by atoms with E-state index in [9.17, 15) is 4.79 Å². The molecule has 0 spiro atoms. The largest absolute Gasteiger partial charge is 0.483 e. The number of fused-ring (bicyclic) bond motifs is 1. The van der Waals surface area contributed by atoms with E-state index >= 15 is 0 Å². The van der Waals surface area contributed by atoms with Crippen molar-refractivity contribution in [2.24, 2.45) is 5.73 Å². The molecule has 3 N–H and O–H groups in total. The van der Waals surface area contributed by atoms with Gasteiger partial charge < -0.3 is 10.8 Å². The fourth-order valence-electron chi connectivity index (χ4n) is 1.72. The average Bonchev–Trinajstić information content (AvgIpc) is 2.70. The van der Waals surface area contributed by atoms with Crippen LogP contribution in [0.3, 0.4) is 0 Å². The number of carbonyl (C=O) groups is 2. The minimum Gasteiger partial charge on any atom is -0.483 e. The highest BCUT2D eigenvalue weighted by molar-refractivity contribution is 5.88. The number of rotatable bonds is 3. The van der Waals surface area contributed by atoms with Crippen LogP contribution in [0, 0.1) is 0 Å². The molecular weight excluding hydrogens is 220 g/mol. The molecular formula is C12H14N2O3. The van der Waals surface area contributed by atoms with Gasteiger partial charge in [-0.3, -0.25) is 14.2 Å². The maximum atomic E-state index is 10.8. The van der Waals surface area contributed by atoms with Crippen molar-refractivity contribution in [3.8, 4) is 0 Å². The number of benzene rings is 1. The molecule has 0 aliphatic carbocycles. The molecule has 90 valence electrons. The van der Waals surface area contributed by atoms with Crippen LogP contribution in [0.15, 0.2) is 30.5 Å². The monoisotopic (exact) mass is 234 g/mol. The van der Waals surface area contributed by atoms with Crippen molar-refractivity contribution >= 4 is 23.8 Å². The fourth-order valence-corrected chi connectivity index (χ4v) is 1.72. The lowest BCUT2D eigenvalue weighted by molar-refractivity contribution is -0.122. The van der Waals surface area contributed by atoms with Crippen molar-refractivity contribution in [1.82, 2.24) is 4.57 Å². The van der Waals surface area contributed by atoms with Gasteiger partial charge in [-0.2, -0.15) is 0 Å². The third-order valence-corrected chi connectivity index (χ3v) is 2.35. The van der Waals surface area contributed by atoms with Gasteiger partial charge in [-0.1, -0.05) is 18.2 Å². The van der Waals surface area contributed by atoms with Crippen molar-refractivity contribution in [2.45, 2.75) is 6.42 Å². The van der Waals surface area contributed by atoms with Gasteiger partial charge >= 0.3 is 0 Å². The lowest BCUT2D eigenvalue weighted by atomic mass is 10.1. The summed E-state index contributed by atoms with van der Waals surface area (Å²) in [7, 11) is 0. The molecule has 2 aromatic rings. The molecule has 17 heavy (non-hydrogen) atoms. The van der Waals surface area contributed by atoms with Gasteiger partial charge in [0.05, 0.1) is 5.52 Å². The summed E-state index contributed by atoms with van der Waals surface area (Å²) in [6.07, 6.45) is 3.48. The van der Waals surface area contributed by atoms with Crippen LogP contribution in [0.2, 0.25) is 0 Å². The molecule has 0 amide bonds. The second kappa shape index (κ2) is 6.44. The van der Waals surface area contributed by atoms with Gasteiger partial charge in [0.15, 0.2) is 0 Å². The van der Waals surface area contributed by atoms with Crippen LogP contribution < -0.4 is 5.73 Å². The Morgan fingerprint density at radius 2 is 1.94 bits per heavy atom. The lowest BCUT2D eigenvalue weighted by Crippen LogP contribution is -2.02. The third-order valence-electron chi connectivity index (χ3n) is 2.35. The van der Waals surface area contributed by atoms with E-state index < -0.39 is 0 Å². The predicted molar refractivity (Wildman–Crippen MR) is 65.5 cm³/mol. The zero-order valence-electron chi connectivity index (χ0n) is 9.24. The van der Waals surface area contributed by atoms with Gasteiger partial charge in [0, 0.05) is 11.6 Å². The molecule has 0 aliphatic heterocycles. The van der Waals surface area contributed by atoms with Crippen LogP contribution in [-0.4, -0.2) is 29.1 Å². The summed E-state index contributed by atoms with van der Waals surface area (Å²) in [5.41, 5.74) is 7.59. The molecule has 0 unspecified atom stereocenters. The van der Waals surface area contributed by atoms with Crippen molar-refractivity contribution in [3.05, 3.63) is 36.0 Å². The fraction of sp³-hybridized carbons (Fsp3) is 0.167. The van der Waals surface area contributed by atoms with Crippen LogP contribution in [0.1, 0.15) is 5.56 Å². The van der Waals surface area contributed by atoms with Gasteiger partial charge in [-0.05, 0) is 24.6 Å². The summed E-state index contributed by atoms with van der Waals surface area (Å²) in [4.78, 5) is 19.1. The molecule has 2 rings (SSSR count). The van der Waals surface area contributed by atoms with Crippen LogP contribution in [-0.2, 0) is 16.0 Å². The molecule has 0 aliphatic rings. The molecule has 0 fully saturated rings. The van der Waals surface area contributed by atoms with Crippen molar-refractivity contribution < 1.29 is 14.7 Å². The average molecular weight is 234 g/mol.